The fraction of sp³-hybridized carbons (Fsp3) is 0.667. The van der Waals surface area contributed by atoms with Gasteiger partial charge < -0.3 is 14.8 Å². The van der Waals surface area contributed by atoms with Gasteiger partial charge in [0.25, 0.3) is 0 Å². The second kappa shape index (κ2) is 6.69. The molecule has 0 heterocycles. The molecule has 2 rings (SSSR count). The van der Waals surface area contributed by atoms with Gasteiger partial charge in [-0.25, -0.2) is 0 Å². The molecule has 0 atom stereocenters. The molecule has 0 bridgehead atoms. The second-order valence-electron chi connectivity index (χ2n) is 6.54. The summed E-state index contributed by atoms with van der Waals surface area (Å²) in [5.41, 5.74) is 1.63. The third-order valence-electron chi connectivity index (χ3n) is 4.96. The minimum Gasteiger partial charge on any atom is -0.493 e. The fourth-order valence-electron chi connectivity index (χ4n) is 3.43. The maximum atomic E-state index is 5.47. The van der Waals surface area contributed by atoms with Crippen molar-refractivity contribution in [3.63, 3.8) is 0 Å². The first-order valence-corrected chi connectivity index (χ1v) is 7.99. The van der Waals surface area contributed by atoms with Gasteiger partial charge in [-0.2, -0.15) is 0 Å². The van der Waals surface area contributed by atoms with Crippen LogP contribution in [0, 0.1) is 11.8 Å². The fourth-order valence-corrected chi connectivity index (χ4v) is 3.43. The van der Waals surface area contributed by atoms with Gasteiger partial charge in [-0.1, -0.05) is 26.8 Å². The Morgan fingerprint density at radius 3 is 2.38 bits per heavy atom. The smallest absolute Gasteiger partial charge is 0.161 e. The summed E-state index contributed by atoms with van der Waals surface area (Å²) in [6, 6.07) is 6.40. The lowest BCUT2D eigenvalue weighted by Gasteiger charge is -2.50. The van der Waals surface area contributed by atoms with Gasteiger partial charge in [0.15, 0.2) is 11.5 Å². The van der Waals surface area contributed by atoms with E-state index in [1.54, 1.807) is 14.2 Å². The van der Waals surface area contributed by atoms with E-state index in [1.165, 1.54) is 18.4 Å². The highest BCUT2D eigenvalue weighted by Crippen LogP contribution is 2.51. The molecule has 1 fully saturated rings. The quantitative estimate of drug-likeness (QED) is 0.832. The van der Waals surface area contributed by atoms with Crippen molar-refractivity contribution < 1.29 is 9.47 Å². The number of likely N-dealkylation sites (N-methyl/N-ethyl adjacent to an activating group) is 1. The van der Waals surface area contributed by atoms with Crippen LogP contribution in [0.1, 0.15) is 39.2 Å². The summed E-state index contributed by atoms with van der Waals surface area (Å²) in [5, 5.41) is 3.54. The minimum atomic E-state index is 0.254. The molecule has 1 aromatic rings. The summed E-state index contributed by atoms with van der Waals surface area (Å²) in [5.74, 6) is 3.23. The molecule has 0 unspecified atom stereocenters. The van der Waals surface area contributed by atoms with E-state index in [-0.39, 0.29) is 5.41 Å². The molecule has 21 heavy (non-hydrogen) atoms. The van der Waals surface area contributed by atoms with E-state index in [0.29, 0.717) is 0 Å². The molecular formula is C18H29NO2. The number of benzene rings is 1. The molecule has 0 saturated heterocycles. The van der Waals surface area contributed by atoms with Crippen molar-refractivity contribution in [3.05, 3.63) is 23.8 Å². The van der Waals surface area contributed by atoms with Crippen LogP contribution in [-0.4, -0.2) is 27.3 Å². The number of nitrogens with one attached hydrogen (secondary N) is 1. The van der Waals surface area contributed by atoms with E-state index in [0.717, 1.165) is 36.4 Å². The molecule has 1 saturated carbocycles. The van der Waals surface area contributed by atoms with E-state index >= 15 is 0 Å². The van der Waals surface area contributed by atoms with Gasteiger partial charge in [-0.15, -0.1) is 0 Å². The molecule has 0 amide bonds. The van der Waals surface area contributed by atoms with Crippen molar-refractivity contribution in [2.45, 2.75) is 39.0 Å². The van der Waals surface area contributed by atoms with Crippen molar-refractivity contribution in [1.29, 1.82) is 0 Å². The summed E-state index contributed by atoms with van der Waals surface area (Å²) in [4.78, 5) is 0. The first kappa shape index (κ1) is 16.2. The summed E-state index contributed by atoms with van der Waals surface area (Å²) < 4.78 is 10.8. The van der Waals surface area contributed by atoms with E-state index in [9.17, 15) is 0 Å². The first-order chi connectivity index (χ1) is 10.1. The Kier molecular flexibility index (Phi) is 5.15. The summed E-state index contributed by atoms with van der Waals surface area (Å²) in [6.07, 6.45) is 2.51. The van der Waals surface area contributed by atoms with Crippen LogP contribution in [0.4, 0.5) is 0 Å². The average molecular weight is 291 g/mol. The Morgan fingerprint density at radius 2 is 1.86 bits per heavy atom. The van der Waals surface area contributed by atoms with Gasteiger partial charge in [0.2, 0.25) is 0 Å². The van der Waals surface area contributed by atoms with Crippen LogP contribution in [0.15, 0.2) is 18.2 Å². The predicted octanol–water partition coefficient (Wildman–Crippen LogP) is 3.62. The standard InChI is InChI=1S/C18H29NO2/c1-6-19-12-18(10-14(11-18)13(2)3)15-7-8-16(20-4)17(9-15)21-5/h7-9,13-14,19H,6,10-12H2,1-5H3. The van der Waals surface area contributed by atoms with Gasteiger partial charge in [0.1, 0.15) is 0 Å². The molecule has 3 nitrogen and oxygen atoms in total. The highest BCUT2D eigenvalue weighted by Gasteiger charge is 2.46. The highest BCUT2D eigenvalue weighted by atomic mass is 16.5. The molecule has 1 aliphatic rings. The molecule has 1 aliphatic carbocycles. The Hall–Kier alpha value is -1.22. The lowest BCUT2D eigenvalue weighted by molar-refractivity contribution is 0.0979. The lowest BCUT2D eigenvalue weighted by Crippen LogP contribution is -2.50. The topological polar surface area (TPSA) is 30.5 Å². The van der Waals surface area contributed by atoms with Crippen LogP contribution in [0.5, 0.6) is 11.5 Å². The van der Waals surface area contributed by atoms with Crippen molar-refractivity contribution >= 4 is 0 Å². The van der Waals surface area contributed by atoms with Crippen LogP contribution in [0.3, 0.4) is 0 Å². The Bertz CT molecular complexity index is 464. The van der Waals surface area contributed by atoms with Gasteiger partial charge in [-0.05, 0) is 48.9 Å². The van der Waals surface area contributed by atoms with Crippen molar-refractivity contribution in [2.75, 3.05) is 27.3 Å². The van der Waals surface area contributed by atoms with Gasteiger partial charge >= 0.3 is 0 Å². The molecule has 118 valence electrons. The SMILES string of the molecule is CCNCC1(c2ccc(OC)c(OC)c2)CC(C(C)C)C1. The van der Waals surface area contributed by atoms with Crippen LogP contribution < -0.4 is 14.8 Å². The maximum Gasteiger partial charge on any atom is 0.161 e. The van der Waals surface area contributed by atoms with Crippen molar-refractivity contribution in [2.24, 2.45) is 11.8 Å². The first-order valence-electron chi connectivity index (χ1n) is 7.99. The van der Waals surface area contributed by atoms with Gasteiger partial charge in [0.05, 0.1) is 14.2 Å². The zero-order chi connectivity index (χ0) is 15.5. The predicted molar refractivity (Wildman–Crippen MR) is 87.3 cm³/mol. The Morgan fingerprint density at radius 1 is 1.19 bits per heavy atom. The molecule has 1 aromatic carbocycles. The number of rotatable bonds is 7. The Balaban J connectivity index is 2.26. The molecule has 3 heteroatoms. The van der Waals surface area contributed by atoms with E-state index < -0.39 is 0 Å². The largest absolute Gasteiger partial charge is 0.493 e. The second-order valence-corrected chi connectivity index (χ2v) is 6.54. The summed E-state index contributed by atoms with van der Waals surface area (Å²) >= 11 is 0. The number of hydrogen-bond acceptors (Lipinski definition) is 3. The molecule has 0 aliphatic heterocycles. The Labute approximate surface area is 129 Å². The molecule has 1 N–H and O–H groups in total. The molecule has 0 aromatic heterocycles. The van der Waals surface area contributed by atoms with Crippen molar-refractivity contribution in [3.8, 4) is 11.5 Å². The monoisotopic (exact) mass is 291 g/mol. The van der Waals surface area contributed by atoms with Gasteiger partial charge in [-0.3, -0.25) is 0 Å². The number of methoxy groups -OCH3 is 2. The van der Waals surface area contributed by atoms with Crippen LogP contribution >= 0.6 is 0 Å². The van der Waals surface area contributed by atoms with Crippen LogP contribution in [0.2, 0.25) is 0 Å². The van der Waals surface area contributed by atoms with Crippen molar-refractivity contribution in [1.82, 2.24) is 5.32 Å². The highest BCUT2D eigenvalue weighted by molar-refractivity contribution is 5.46. The zero-order valence-corrected chi connectivity index (χ0v) is 14.0. The van der Waals surface area contributed by atoms with Crippen LogP contribution in [0.25, 0.3) is 0 Å². The van der Waals surface area contributed by atoms with E-state index in [2.05, 4.69) is 38.2 Å². The lowest BCUT2D eigenvalue weighted by atomic mass is 9.56. The maximum absolute atomic E-state index is 5.47. The van der Waals surface area contributed by atoms with Gasteiger partial charge in [0, 0.05) is 12.0 Å². The molecular weight excluding hydrogens is 262 g/mol. The zero-order valence-electron chi connectivity index (χ0n) is 14.0. The summed E-state index contributed by atoms with van der Waals surface area (Å²) in [6.45, 7) is 8.89. The number of hydrogen-bond donors (Lipinski definition) is 1. The van der Waals surface area contributed by atoms with E-state index in [4.69, 9.17) is 9.47 Å². The third-order valence-corrected chi connectivity index (χ3v) is 4.96. The molecule has 0 spiro atoms. The normalized spacial score (nSPS) is 24.8. The van der Waals surface area contributed by atoms with E-state index in [1.807, 2.05) is 6.07 Å². The third kappa shape index (κ3) is 3.18. The average Bonchev–Trinajstić information content (AvgIpc) is 2.45. The summed E-state index contributed by atoms with van der Waals surface area (Å²) in [7, 11) is 3.39. The number of ether oxygens (including phenoxy) is 2. The minimum absolute atomic E-state index is 0.254. The molecule has 0 radical (unpaired) electrons. The van der Waals surface area contributed by atoms with Crippen LogP contribution in [-0.2, 0) is 5.41 Å².